The lowest BCUT2D eigenvalue weighted by Crippen LogP contribution is -2.35. The molecular formula is C40H44Cl2N6O5S. The monoisotopic (exact) mass is 790 g/mol. The number of carbonyl (C=O) groups excluding carboxylic acids is 2. The normalized spacial score (nSPS) is 19.4. The maximum absolute atomic E-state index is 12.3. The average molecular weight is 792 g/mol. The summed E-state index contributed by atoms with van der Waals surface area (Å²) in [5.41, 5.74) is 7.47. The molecule has 2 aromatic carbocycles. The molecule has 2 aliphatic heterocycles. The van der Waals surface area contributed by atoms with Gasteiger partial charge in [0.05, 0.1) is 30.9 Å². The SMILES string of the molecule is COc1nc(-c2cccc(-c3cccc4c3CC[C@@H]4Oc3nc(OC)c(CN4CC[C@@H](C(=O)NSC)C4)cc3Cl)c2Cl)ccc1CNC[C@@H]1CCC(=O)N1. The van der Waals surface area contributed by atoms with Crippen LogP contribution >= 0.6 is 35.1 Å². The largest absolute Gasteiger partial charge is 0.481 e. The van der Waals surface area contributed by atoms with Gasteiger partial charge in [-0.25, -0.2) is 4.98 Å². The number of halogens is 2. The van der Waals surface area contributed by atoms with Gasteiger partial charge in [-0.15, -0.1) is 0 Å². The van der Waals surface area contributed by atoms with Crippen LogP contribution in [0.25, 0.3) is 22.4 Å². The second-order valence-corrected chi connectivity index (χ2v) is 15.2. The second-order valence-electron chi connectivity index (χ2n) is 13.8. The molecule has 14 heteroatoms. The molecule has 0 spiro atoms. The second kappa shape index (κ2) is 17.2. The van der Waals surface area contributed by atoms with Crippen molar-refractivity contribution in [1.29, 1.82) is 0 Å². The molecule has 2 aromatic heterocycles. The van der Waals surface area contributed by atoms with E-state index in [0.717, 1.165) is 65.6 Å². The topological polar surface area (TPSA) is 127 Å². The number of carbonyl (C=O) groups is 2. The van der Waals surface area contributed by atoms with Gasteiger partial charge in [0.2, 0.25) is 29.5 Å². The van der Waals surface area contributed by atoms with Gasteiger partial charge in [-0.1, -0.05) is 77.6 Å². The molecule has 0 bridgehead atoms. The van der Waals surface area contributed by atoms with Crippen LogP contribution in [0, 0.1) is 5.92 Å². The maximum atomic E-state index is 12.3. The minimum Gasteiger partial charge on any atom is -0.481 e. The first-order valence-corrected chi connectivity index (χ1v) is 20.1. The van der Waals surface area contributed by atoms with Crippen molar-refractivity contribution < 1.29 is 23.8 Å². The highest BCUT2D eigenvalue weighted by Gasteiger charge is 2.31. The molecule has 4 heterocycles. The number of nitrogens with zero attached hydrogens (tertiary/aromatic N) is 3. The van der Waals surface area contributed by atoms with Crippen molar-refractivity contribution in [1.82, 2.24) is 30.2 Å². The Morgan fingerprint density at radius 3 is 2.50 bits per heavy atom. The Hall–Kier alpha value is -4.07. The van der Waals surface area contributed by atoms with Crippen LogP contribution in [0.2, 0.25) is 10.0 Å². The quantitative estimate of drug-likeness (QED) is 0.118. The van der Waals surface area contributed by atoms with Crippen molar-refractivity contribution >= 4 is 47.0 Å². The Morgan fingerprint density at radius 1 is 0.944 bits per heavy atom. The average Bonchev–Trinajstić information content (AvgIpc) is 3.93. The van der Waals surface area contributed by atoms with Crippen molar-refractivity contribution in [2.24, 2.45) is 5.92 Å². The summed E-state index contributed by atoms with van der Waals surface area (Å²) in [5, 5.41) is 7.41. The van der Waals surface area contributed by atoms with Crippen LogP contribution in [-0.4, -0.2) is 72.8 Å². The van der Waals surface area contributed by atoms with Crippen LogP contribution in [0.3, 0.4) is 0 Å². The third-order valence-electron chi connectivity index (χ3n) is 10.4. The van der Waals surface area contributed by atoms with Crippen LogP contribution < -0.4 is 29.6 Å². The number of benzene rings is 2. The van der Waals surface area contributed by atoms with Crippen molar-refractivity contribution in [2.75, 3.05) is 40.1 Å². The molecule has 0 radical (unpaired) electrons. The van der Waals surface area contributed by atoms with Crippen molar-refractivity contribution in [3.05, 3.63) is 86.9 Å². The zero-order chi connectivity index (χ0) is 37.8. The van der Waals surface area contributed by atoms with E-state index in [0.29, 0.717) is 66.0 Å². The molecule has 0 saturated carbocycles. The lowest BCUT2D eigenvalue weighted by atomic mass is 9.94. The number of likely N-dealkylation sites (tertiary alicyclic amines) is 1. The van der Waals surface area contributed by atoms with Gasteiger partial charge in [0, 0.05) is 67.2 Å². The standard InChI is InChI=1S/C40H44Cl2N6O5S/c1-51-38-23(19-43-20-26-11-15-35(49)44-26)10-13-33(45-38)31-9-5-8-30(36(31)42)27-6-4-7-29-28(27)12-14-34(29)53-40-32(41)18-25(39(46-40)52-2)22-48-17-16-24(21-48)37(50)47-54-3/h4-10,13,18,24,26,34,43H,11-12,14-17,19-22H2,1-3H3,(H,44,49)(H,47,50)/t24-,26+,34+/m1/s1. The van der Waals surface area contributed by atoms with Crippen molar-refractivity contribution in [2.45, 2.75) is 57.3 Å². The highest BCUT2D eigenvalue weighted by Crippen LogP contribution is 2.45. The van der Waals surface area contributed by atoms with Gasteiger partial charge in [-0.05, 0) is 61.1 Å². The lowest BCUT2D eigenvalue weighted by molar-refractivity contribution is -0.122. The van der Waals surface area contributed by atoms with E-state index in [4.69, 9.17) is 47.4 Å². The Kier molecular flexibility index (Phi) is 12.1. The lowest BCUT2D eigenvalue weighted by Gasteiger charge is -2.20. The summed E-state index contributed by atoms with van der Waals surface area (Å²) in [5.74, 6) is 1.42. The molecule has 2 amide bonds. The molecule has 4 aromatic rings. The summed E-state index contributed by atoms with van der Waals surface area (Å²) in [6.07, 6.45) is 5.36. The number of aromatic nitrogens is 2. The molecule has 3 atom stereocenters. The van der Waals surface area contributed by atoms with Crippen molar-refractivity contribution in [3.8, 4) is 40.0 Å². The first-order valence-electron chi connectivity index (χ1n) is 18.2. The van der Waals surface area contributed by atoms with Crippen LogP contribution in [0.5, 0.6) is 17.6 Å². The molecule has 3 N–H and O–H groups in total. The fourth-order valence-corrected chi connectivity index (χ4v) is 8.60. The van der Waals surface area contributed by atoms with E-state index in [2.05, 4.69) is 32.4 Å². The zero-order valence-corrected chi connectivity index (χ0v) is 32.9. The highest BCUT2D eigenvalue weighted by atomic mass is 35.5. The number of nitrogens with one attached hydrogen (secondary N) is 3. The fraction of sp³-hybridized carbons (Fsp3) is 0.400. The number of ether oxygens (including phenoxy) is 3. The zero-order valence-electron chi connectivity index (χ0n) is 30.5. The Labute approximate surface area is 330 Å². The summed E-state index contributed by atoms with van der Waals surface area (Å²) in [6, 6.07) is 18.2. The number of hydrogen-bond donors (Lipinski definition) is 3. The Balaban J connectivity index is 1.06. The molecule has 11 nitrogen and oxygen atoms in total. The molecule has 284 valence electrons. The number of methoxy groups -OCH3 is 2. The number of fused-ring (bicyclic) bond motifs is 1. The molecule has 3 aliphatic rings. The van der Waals surface area contributed by atoms with Gasteiger partial charge in [0.1, 0.15) is 11.1 Å². The molecule has 2 saturated heterocycles. The number of hydrogen-bond acceptors (Lipinski definition) is 10. The van der Waals surface area contributed by atoms with E-state index in [1.807, 2.05) is 48.7 Å². The summed E-state index contributed by atoms with van der Waals surface area (Å²) >= 11 is 15.3. The van der Waals surface area contributed by atoms with Gasteiger partial charge in [-0.2, -0.15) is 4.98 Å². The molecule has 54 heavy (non-hydrogen) atoms. The van der Waals surface area contributed by atoms with E-state index in [1.54, 1.807) is 14.2 Å². The smallest absolute Gasteiger partial charge is 0.236 e. The minimum absolute atomic E-state index is 0.0428. The molecule has 2 fully saturated rings. The molecule has 7 rings (SSSR count). The van der Waals surface area contributed by atoms with Gasteiger partial charge >= 0.3 is 0 Å². The predicted octanol–water partition coefficient (Wildman–Crippen LogP) is 6.79. The third-order valence-corrected chi connectivity index (χ3v) is 11.5. The van der Waals surface area contributed by atoms with Gasteiger partial charge < -0.3 is 29.6 Å². The number of pyridine rings is 2. The molecular weight excluding hydrogens is 747 g/mol. The predicted molar refractivity (Wildman–Crippen MR) is 212 cm³/mol. The minimum atomic E-state index is -0.256. The van der Waals surface area contributed by atoms with E-state index >= 15 is 0 Å². The van der Waals surface area contributed by atoms with E-state index in [9.17, 15) is 9.59 Å². The highest BCUT2D eigenvalue weighted by molar-refractivity contribution is 7.97. The first kappa shape index (κ1) is 38.2. The van der Waals surface area contributed by atoms with Gasteiger partial charge in [0.25, 0.3) is 0 Å². The van der Waals surface area contributed by atoms with E-state index < -0.39 is 0 Å². The van der Waals surface area contributed by atoms with Crippen LogP contribution in [-0.2, 0) is 29.1 Å². The Bertz CT molecular complexity index is 2040. The van der Waals surface area contributed by atoms with Gasteiger partial charge in [-0.3, -0.25) is 14.5 Å². The van der Waals surface area contributed by atoms with E-state index in [-0.39, 0.29) is 29.9 Å². The Morgan fingerprint density at radius 2 is 1.72 bits per heavy atom. The summed E-state index contributed by atoms with van der Waals surface area (Å²) in [4.78, 5) is 35.7. The van der Waals surface area contributed by atoms with Crippen LogP contribution in [0.15, 0.2) is 54.6 Å². The molecule has 1 aliphatic carbocycles. The number of rotatable bonds is 14. The summed E-state index contributed by atoms with van der Waals surface area (Å²) in [6.45, 7) is 3.28. The third kappa shape index (κ3) is 8.28. The van der Waals surface area contributed by atoms with Gasteiger partial charge in [0.15, 0.2) is 0 Å². The van der Waals surface area contributed by atoms with E-state index in [1.165, 1.54) is 17.5 Å². The van der Waals surface area contributed by atoms with Crippen LogP contribution in [0.1, 0.15) is 54.0 Å². The first-order chi connectivity index (χ1) is 26.3. The van der Waals surface area contributed by atoms with Crippen molar-refractivity contribution in [3.63, 3.8) is 0 Å². The number of amides is 2. The summed E-state index contributed by atoms with van der Waals surface area (Å²) in [7, 11) is 3.21. The summed E-state index contributed by atoms with van der Waals surface area (Å²) < 4.78 is 20.7. The van der Waals surface area contributed by atoms with Crippen LogP contribution in [0.4, 0.5) is 0 Å². The fourth-order valence-electron chi connectivity index (χ4n) is 7.69. The molecule has 0 unspecified atom stereocenters. The maximum Gasteiger partial charge on any atom is 0.236 e.